The maximum absolute atomic E-state index is 13.0. The Morgan fingerprint density at radius 1 is 1.10 bits per heavy atom. The molecular weight excluding hydrogens is 378 g/mol. The first-order chi connectivity index (χ1) is 14.3. The largest absolute Gasteiger partial charge is 0.455 e. The van der Waals surface area contributed by atoms with E-state index >= 15 is 0 Å². The first-order valence-corrected chi connectivity index (χ1v) is 10.6. The Morgan fingerprint density at radius 2 is 1.80 bits per heavy atom. The number of fused-ring (bicyclic) bond motifs is 1. The Balaban J connectivity index is 1.59. The van der Waals surface area contributed by atoms with Crippen LogP contribution in [0, 0.1) is 12.3 Å². The average molecular weight is 410 g/mol. The molecule has 1 fully saturated rings. The summed E-state index contributed by atoms with van der Waals surface area (Å²) in [5, 5.41) is 6.68. The summed E-state index contributed by atoms with van der Waals surface area (Å²) in [5.41, 5.74) is 9.90. The van der Waals surface area contributed by atoms with Crippen molar-refractivity contribution in [1.82, 2.24) is 15.3 Å². The number of amides is 1. The second-order valence-electron chi connectivity index (χ2n) is 9.14. The Bertz CT molecular complexity index is 940. The number of anilines is 1. The lowest BCUT2D eigenvalue weighted by Crippen LogP contribution is -2.52. The summed E-state index contributed by atoms with van der Waals surface area (Å²) in [4.78, 5) is 15.2. The molecule has 0 radical (unpaired) electrons. The minimum Gasteiger partial charge on any atom is -0.455 e. The topological polar surface area (TPSA) is 73.1 Å². The molecule has 1 aromatic heterocycles. The van der Waals surface area contributed by atoms with Crippen LogP contribution < -0.4 is 10.9 Å². The molecule has 7 nitrogen and oxygen atoms in total. The van der Waals surface area contributed by atoms with Gasteiger partial charge in [0.25, 0.3) is 0 Å². The van der Waals surface area contributed by atoms with Crippen molar-refractivity contribution in [2.24, 2.45) is 10.5 Å². The predicted molar refractivity (Wildman–Crippen MR) is 119 cm³/mol. The van der Waals surface area contributed by atoms with E-state index in [4.69, 9.17) is 9.52 Å². The highest BCUT2D eigenvalue weighted by molar-refractivity contribution is 6.07. The Hall–Kier alpha value is -2.64. The molecule has 2 aromatic rings. The van der Waals surface area contributed by atoms with Gasteiger partial charge in [-0.05, 0) is 37.9 Å². The van der Waals surface area contributed by atoms with Crippen molar-refractivity contribution in [2.75, 3.05) is 38.7 Å². The summed E-state index contributed by atoms with van der Waals surface area (Å²) in [6, 6.07) is 9.89. The molecule has 30 heavy (non-hydrogen) atoms. The molecule has 1 saturated heterocycles. The average Bonchev–Trinajstić information content (AvgIpc) is 3.04. The van der Waals surface area contributed by atoms with Crippen molar-refractivity contribution in [2.45, 2.75) is 33.6 Å². The third-order valence-corrected chi connectivity index (χ3v) is 5.86. The second-order valence-corrected chi connectivity index (χ2v) is 9.14. The first kappa shape index (κ1) is 20.6. The molecule has 0 atom stereocenters. The van der Waals surface area contributed by atoms with E-state index in [0.29, 0.717) is 5.76 Å². The van der Waals surface area contributed by atoms with Crippen LogP contribution in [0.4, 0.5) is 5.69 Å². The van der Waals surface area contributed by atoms with Gasteiger partial charge < -0.3 is 9.32 Å². The van der Waals surface area contributed by atoms with Gasteiger partial charge >= 0.3 is 5.91 Å². The fraction of sp³-hybridized carbons (Fsp3) is 0.478. The number of hydrazone groups is 1. The number of nitrogens with zero attached hydrogens (tertiary/aromatic N) is 3. The molecular formula is C23H31N5O2. The highest BCUT2D eigenvalue weighted by atomic mass is 16.4. The molecule has 0 unspecified atom stereocenters. The number of furan rings is 1. The van der Waals surface area contributed by atoms with E-state index in [1.54, 1.807) is 0 Å². The van der Waals surface area contributed by atoms with Gasteiger partial charge in [-0.15, -0.1) is 0 Å². The molecule has 2 aliphatic rings. The van der Waals surface area contributed by atoms with E-state index in [1.807, 2.05) is 42.3 Å². The minimum absolute atomic E-state index is 0.0136. The van der Waals surface area contributed by atoms with Crippen LogP contribution in [0.25, 0.3) is 0 Å². The van der Waals surface area contributed by atoms with Crippen molar-refractivity contribution in [1.29, 1.82) is 0 Å². The summed E-state index contributed by atoms with van der Waals surface area (Å²) in [6.45, 7) is 9.85. The third kappa shape index (κ3) is 4.42. The molecule has 0 bridgehead atoms. The number of carbonyl (C=O) groups is 1. The number of rotatable bonds is 4. The van der Waals surface area contributed by atoms with Crippen LogP contribution in [0.5, 0.6) is 0 Å². The summed E-state index contributed by atoms with van der Waals surface area (Å²) >= 11 is 0. The van der Waals surface area contributed by atoms with Crippen molar-refractivity contribution in [3.05, 3.63) is 53.0 Å². The summed E-state index contributed by atoms with van der Waals surface area (Å²) in [5.74, 6) is 1.06. The normalized spacial score (nSPS) is 20.7. The predicted octanol–water partition coefficient (Wildman–Crippen LogP) is 3.27. The van der Waals surface area contributed by atoms with Crippen molar-refractivity contribution in [3.63, 3.8) is 0 Å². The molecule has 4 rings (SSSR count). The van der Waals surface area contributed by atoms with Gasteiger partial charge in [0, 0.05) is 43.7 Å². The number of benzene rings is 1. The first-order valence-electron chi connectivity index (χ1n) is 10.6. The van der Waals surface area contributed by atoms with Gasteiger partial charge in [-0.2, -0.15) is 5.10 Å². The smallest absolute Gasteiger partial charge is 0.301 e. The standard InChI is InChI=1S/C23H31N5O2/c1-16-20-18(25-24-17-8-6-5-7-9-17)14-23(2,3)15-19(20)30-21(16)22(29)26-28-12-10-27(4)11-13-28/h5-9,24H,10-15H2,1-4H3,(H,26,29)/b25-18-. The van der Waals surface area contributed by atoms with Gasteiger partial charge in [-0.1, -0.05) is 32.0 Å². The third-order valence-electron chi connectivity index (χ3n) is 5.86. The molecule has 1 amide bonds. The van der Waals surface area contributed by atoms with E-state index in [9.17, 15) is 4.79 Å². The van der Waals surface area contributed by atoms with Crippen molar-refractivity contribution in [3.8, 4) is 0 Å². The summed E-state index contributed by atoms with van der Waals surface area (Å²) in [7, 11) is 2.09. The second kappa shape index (κ2) is 8.24. The zero-order valence-corrected chi connectivity index (χ0v) is 18.3. The van der Waals surface area contributed by atoms with Crippen LogP contribution in [0.3, 0.4) is 0 Å². The number of carbonyl (C=O) groups excluding carboxylic acids is 1. The van der Waals surface area contributed by atoms with E-state index < -0.39 is 0 Å². The van der Waals surface area contributed by atoms with E-state index in [0.717, 1.165) is 67.3 Å². The molecule has 1 aromatic carbocycles. The molecule has 2 N–H and O–H groups in total. The molecule has 160 valence electrons. The van der Waals surface area contributed by atoms with Gasteiger partial charge in [0.1, 0.15) is 5.76 Å². The monoisotopic (exact) mass is 409 g/mol. The number of hydrogen-bond acceptors (Lipinski definition) is 6. The number of nitrogens with one attached hydrogen (secondary N) is 2. The maximum atomic E-state index is 13.0. The lowest BCUT2D eigenvalue weighted by molar-refractivity contribution is 0.0633. The van der Waals surface area contributed by atoms with Gasteiger partial charge in [-0.25, -0.2) is 5.01 Å². The van der Waals surface area contributed by atoms with Crippen LogP contribution in [-0.2, 0) is 6.42 Å². The summed E-state index contributed by atoms with van der Waals surface area (Å²) in [6.07, 6.45) is 1.61. The van der Waals surface area contributed by atoms with Gasteiger partial charge in [0.05, 0.1) is 11.4 Å². The van der Waals surface area contributed by atoms with Crippen LogP contribution >= 0.6 is 0 Å². The lowest BCUT2D eigenvalue weighted by atomic mass is 9.75. The molecule has 2 heterocycles. The van der Waals surface area contributed by atoms with E-state index in [2.05, 4.69) is 36.6 Å². The Morgan fingerprint density at radius 3 is 2.50 bits per heavy atom. The number of hydrogen-bond donors (Lipinski definition) is 2. The molecule has 1 aliphatic heterocycles. The van der Waals surface area contributed by atoms with E-state index in [1.165, 1.54) is 0 Å². The highest BCUT2D eigenvalue weighted by Crippen LogP contribution is 2.39. The number of hydrazine groups is 1. The van der Waals surface area contributed by atoms with Crippen molar-refractivity contribution < 1.29 is 9.21 Å². The van der Waals surface area contributed by atoms with Crippen LogP contribution in [0.2, 0.25) is 0 Å². The summed E-state index contributed by atoms with van der Waals surface area (Å²) < 4.78 is 6.12. The van der Waals surface area contributed by atoms with Crippen molar-refractivity contribution >= 4 is 17.3 Å². The highest BCUT2D eigenvalue weighted by Gasteiger charge is 2.36. The molecule has 0 saturated carbocycles. The van der Waals surface area contributed by atoms with Gasteiger partial charge in [0.2, 0.25) is 0 Å². The zero-order valence-electron chi connectivity index (χ0n) is 18.3. The SMILES string of the molecule is Cc1c(C(=O)NN2CCN(C)CC2)oc2c1/C(=N\Nc1ccccc1)CC(C)(C)C2. The van der Waals surface area contributed by atoms with Gasteiger partial charge in [0.15, 0.2) is 5.76 Å². The number of piperazine rings is 1. The van der Waals surface area contributed by atoms with Crippen LogP contribution in [-0.4, -0.2) is 54.8 Å². The maximum Gasteiger partial charge on any atom is 0.301 e. The quantitative estimate of drug-likeness (QED) is 0.759. The van der Waals surface area contributed by atoms with Gasteiger partial charge in [-0.3, -0.25) is 15.6 Å². The lowest BCUT2D eigenvalue weighted by Gasteiger charge is -2.32. The molecule has 0 spiro atoms. The van der Waals surface area contributed by atoms with Crippen LogP contribution in [0.15, 0.2) is 39.9 Å². The fourth-order valence-corrected chi connectivity index (χ4v) is 4.18. The van der Waals surface area contributed by atoms with E-state index in [-0.39, 0.29) is 11.3 Å². The zero-order chi connectivity index (χ0) is 21.3. The molecule has 1 aliphatic carbocycles. The number of para-hydroxylation sites is 1. The minimum atomic E-state index is -0.181. The Kier molecular flexibility index (Phi) is 5.66. The van der Waals surface area contributed by atoms with Crippen LogP contribution in [0.1, 0.15) is 47.7 Å². The molecule has 7 heteroatoms. The Labute approximate surface area is 178 Å². The number of likely N-dealkylation sites (N-methyl/N-ethyl adjacent to an activating group) is 1. The fourth-order valence-electron chi connectivity index (χ4n) is 4.18.